The van der Waals surface area contributed by atoms with Crippen LogP contribution in [0.5, 0.6) is 11.5 Å². The Labute approximate surface area is 202 Å². The van der Waals surface area contributed by atoms with E-state index in [0.717, 1.165) is 16.7 Å². The second-order valence-electron chi connectivity index (χ2n) is 7.92. The zero-order chi connectivity index (χ0) is 25.4. The molecular weight excluding hydrogens is 479 g/mol. The number of fused-ring (bicyclic) bond motifs is 1. The molecule has 5 rings (SSSR count). The van der Waals surface area contributed by atoms with Gasteiger partial charge in [0.05, 0.1) is 11.1 Å². The van der Waals surface area contributed by atoms with Crippen molar-refractivity contribution in [1.82, 2.24) is 0 Å². The number of hydrogen-bond acceptors (Lipinski definition) is 3. The molecule has 1 aliphatic rings. The fourth-order valence-corrected chi connectivity index (χ4v) is 3.74. The van der Waals surface area contributed by atoms with E-state index in [1.54, 1.807) is 6.08 Å². The van der Waals surface area contributed by atoms with Crippen molar-refractivity contribution in [2.45, 2.75) is 6.61 Å². The lowest BCUT2D eigenvalue weighted by atomic mass is 10.0. The average molecular weight is 494 g/mol. The fourth-order valence-electron chi connectivity index (χ4n) is 3.74. The Hall–Kier alpha value is -4.46. The van der Waals surface area contributed by atoms with E-state index in [-0.39, 0.29) is 28.6 Å². The molecule has 0 N–H and O–H groups in total. The summed E-state index contributed by atoms with van der Waals surface area (Å²) in [7, 11) is 0. The van der Waals surface area contributed by atoms with Gasteiger partial charge in [0.2, 0.25) is 11.6 Å². The van der Waals surface area contributed by atoms with E-state index in [1.165, 1.54) is 18.2 Å². The van der Waals surface area contributed by atoms with Crippen LogP contribution in [0.2, 0.25) is 0 Å². The van der Waals surface area contributed by atoms with Crippen molar-refractivity contribution >= 4 is 11.9 Å². The first-order valence-electron chi connectivity index (χ1n) is 10.7. The molecule has 0 fully saturated rings. The molecule has 1 aliphatic heterocycles. The Morgan fingerprint density at radius 3 is 2.00 bits per heavy atom. The lowest BCUT2D eigenvalue weighted by Gasteiger charge is -2.10. The third kappa shape index (κ3) is 4.22. The molecule has 0 bridgehead atoms. The summed E-state index contributed by atoms with van der Waals surface area (Å²) in [6.45, 7) is -0.922. The van der Waals surface area contributed by atoms with Crippen LogP contribution in [-0.2, 0) is 6.61 Å². The van der Waals surface area contributed by atoms with Crippen molar-refractivity contribution in [3.63, 3.8) is 0 Å². The number of rotatable bonds is 5. The molecule has 36 heavy (non-hydrogen) atoms. The van der Waals surface area contributed by atoms with Crippen molar-refractivity contribution in [1.29, 1.82) is 0 Å². The van der Waals surface area contributed by atoms with Gasteiger partial charge in [0, 0.05) is 6.07 Å². The number of Topliss-reactive ketones (excluding diaryl/α,β-unsaturated/α-hetero) is 1. The summed E-state index contributed by atoms with van der Waals surface area (Å²) in [5, 5.41) is 0. The third-order valence-corrected chi connectivity index (χ3v) is 5.64. The van der Waals surface area contributed by atoms with E-state index in [1.807, 2.05) is 54.6 Å². The summed E-state index contributed by atoms with van der Waals surface area (Å²) in [4.78, 5) is 12.7. The second kappa shape index (κ2) is 9.30. The third-order valence-electron chi connectivity index (χ3n) is 5.64. The first-order valence-corrected chi connectivity index (χ1v) is 10.7. The SMILES string of the molecule is O=C1C(=Cc2ccc(-c3ccccc3)cc2)Oc2cc(OCc3c(F)c(F)c(F)c(F)c3F)ccc21. The molecule has 4 aromatic rings. The minimum atomic E-state index is -2.24. The maximum absolute atomic E-state index is 13.9. The number of ketones is 1. The highest BCUT2D eigenvalue weighted by atomic mass is 19.2. The van der Waals surface area contributed by atoms with Crippen molar-refractivity contribution in [3.05, 3.63) is 124 Å². The molecule has 0 aliphatic carbocycles. The van der Waals surface area contributed by atoms with Crippen LogP contribution in [0.15, 0.2) is 78.6 Å². The lowest BCUT2D eigenvalue weighted by Crippen LogP contribution is -2.09. The zero-order valence-electron chi connectivity index (χ0n) is 18.3. The molecule has 0 atom stereocenters. The molecule has 0 spiro atoms. The van der Waals surface area contributed by atoms with Gasteiger partial charge in [0.25, 0.3) is 0 Å². The van der Waals surface area contributed by atoms with E-state index in [2.05, 4.69) is 0 Å². The van der Waals surface area contributed by atoms with Gasteiger partial charge in [-0.05, 0) is 34.9 Å². The van der Waals surface area contributed by atoms with Gasteiger partial charge < -0.3 is 9.47 Å². The minimum absolute atomic E-state index is 0.0129. The molecule has 0 amide bonds. The molecule has 1 heterocycles. The first kappa shape index (κ1) is 23.3. The molecule has 3 nitrogen and oxygen atoms in total. The summed E-state index contributed by atoms with van der Waals surface area (Å²) in [6, 6.07) is 21.3. The summed E-state index contributed by atoms with van der Waals surface area (Å²) in [5.74, 6) is -10.4. The van der Waals surface area contributed by atoms with Crippen LogP contribution in [0.4, 0.5) is 22.0 Å². The number of hydrogen-bond donors (Lipinski definition) is 0. The Bertz CT molecular complexity index is 1480. The largest absolute Gasteiger partial charge is 0.489 e. The molecule has 0 saturated carbocycles. The predicted octanol–water partition coefficient (Wildman–Crippen LogP) is 7.24. The van der Waals surface area contributed by atoms with Gasteiger partial charge in [0.1, 0.15) is 18.1 Å². The van der Waals surface area contributed by atoms with Crippen molar-refractivity contribution in [2.75, 3.05) is 0 Å². The van der Waals surface area contributed by atoms with Crippen molar-refractivity contribution < 1.29 is 36.2 Å². The molecule has 8 heteroatoms. The minimum Gasteiger partial charge on any atom is -0.489 e. The Morgan fingerprint density at radius 2 is 1.33 bits per heavy atom. The Kier molecular flexibility index (Phi) is 6.01. The normalized spacial score (nSPS) is 13.6. The molecule has 180 valence electrons. The molecule has 0 radical (unpaired) electrons. The smallest absolute Gasteiger partial charge is 0.231 e. The zero-order valence-corrected chi connectivity index (χ0v) is 18.3. The fraction of sp³-hybridized carbons (Fsp3) is 0.0357. The van der Waals surface area contributed by atoms with Gasteiger partial charge in [-0.15, -0.1) is 0 Å². The van der Waals surface area contributed by atoms with Crippen LogP contribution in [-0.4, -0.2) is 5.78 Å². The van der Waals surface area contributed by atoms with Crippen LogP contribution in [0.25, 0.3) is 17.2 Å². The highest BCUT2D eigenvalue weighted by molar-refractivity contribution is 6.14. The van der Waals surface area contributed by atoms with Crippen LogP contribution < -0.4 is 9.47 Å². The van der Waals surface area contributed by atoms with E-state index in [4.69, 9.17) is 9.47 Å². The van der Waals surface area contributed by atoms with Crippen LogP contribution in [0.1, 0.15) is 21.5 Å². The number of carbonyl (C=O) groups is 1. The number of benzene rings is 4. The molecule has 0 unspecified atom stereocenters. The number of halogens is 5. The van der Waals surface area contributed by atoms with E-state index >= 15 is 0 Å². The maximum atomic E-state index is 13.9. The molecule has 4 aromatic carbocycles. The monoisotopic (exact) mass is 494 g/mol. The van der Waals surface area contributed by atoms with Gasteiger partial charge >= 0.3 is 0 Å². The summed E-state index contributed by atoms with van der Waals surface area (Å²) in [5.41, 5.74) is 1.92. The molecule has 0 aromatic heterocycles. The predicted molar refractivity (Wildman–Crippen MR) is 122 cm³/mol. The van der Waals surface area contributed by atoms with Gasteiger partial charge in [0.15, 0.2) is 29.0 Å². The molecular formula is C28H15F5O3. The highest BCUT2D eigenvalue weighted by Crippen LogP contribution is 2.35. The lowest BCUT2D eigenvalue weighted by molar-refractivity contribution is 0.101. The summed E-state index contributed by atoms with van der Waals surface area (Å²) < 4.78 is 78.6. The van der Waals surface area contributed by atoms with E-state index in [0.29, 0.717) is 0 Å². The number of ether oxygens (including phenoxy) is 2. The quantitative estimate of drug-likeness (QED) is 0.127. The van der Waals surface area contributed by atoms with Crippen LogP contribution in [0.3, 0.4) is 0 Å². The Balaban J connectivity index is 1.33. The van der Waals surface area contributed by atoms with Gasteiger partial charge in [-0.1, -0.05) is 54.6 Å². The number of allylic oxidation sites excluding steroid dienone is 1. The maximum Gasteiger partial charge on any atom is 0.231 e. The first-order chi connectivity index (χ1) is 17.3. The standard InChI is InChI=1S/C28H15F5O3/c29-23-20(24(30)26(32)27(33)25(23)31)14-35-18-10-11-19-21(13-18)36-22(28(19)34)12-15-6-8-17(9-7-15)16-4-2-1-3-5-16/h1-13H,14H2. The van der Waals surface area contributed by atoms with Crippen molar-refractivity contribution in [3.8, 4) is 22.6 Å². The van der Waals surface area contributed by atoms with Gasteiger partial charge in [-0.2, -0.15) is 0 Å². The Morgan fingerprint density at radius 1 is 0.722 bits per heavy atom. The molecule has 0 saturated heterocycles. The second-order valence-corrected chi connectivity index (χ2v) is 7.92. The highest BCUT2D eigenvalue weighted by Gasteiger charge is 2.29. The van der Waals surface area contributed by atoms with Crippen molar-refractivity contribution in [2.24, 2.45) is 0 Å². The van der Waals surface area contributed by atoms with Gasteiger partial charge in [-0.25, -0.2) is 22.0 Å². The van der Waals surface area contributed by atoms with Gasteiger partial charge in [-0.3, -0.25) is 4.79 Å². The van der Waals surface area contributed by atoms with Crippen LogP contribution in [0, 0.1) is 29.1 Å². The number of carbonyl (C=O) groups excluding carboxylic acids is 1. The topological polar surface area (TPSA) is 35.5 Å². The van der Waals surface area contributed by atoms with E-state index in [9.17, 15) is 26.7 Å². The van der Waals surface area contributed by atoms with Crippen LogP contribution >= 0.6 is 0 Å². The average Bonchev–Trinajstić information content (AvgIpc) is 3.21. The van der Waals surface area contributed by atoms with E-state index < -0.39 is 41.3 Å². The summed E-state index contributed by atoms with van der Waals surface area (Å²) in [6.07, 6.45) is 1.58. The summed E-state index contributed by atoms with van der Waals surface area (Å²) >= 11 is 0.